The molecule has 2 N–H and O–H groups in total. The average molecular weight is 259 g/mol. The molecule has 1 amide bonds. The molecule has 1 rings (SSSR count). The molecular formula is C12H15F2NO3. The maximum atomic E-state index is 12.0. The van der Waals surface area contributed by atoms with E-state index >= 15 is 0 Å². The lowest BCUT2D eigenvalue weighted by Gasteiger charge is -2.10. The lowest BCUT2D eigenvalue weighted by Crippen LogP contribution is -2.29. The van der Waals surface area contributed by atoms with Crippen molar-refractivity contribution in [3.63, 3.8) is 0 Å². The first-order chi connectivity index (χ1) is 8.52. The summed E-state index contributed by atoms with van der Waals surface area (Å²) in [6.45, 7) is -0.863. The van der Waals surface area contributed by atoms with Gasteiger partial charge in [0.05, 0.1) is 0 Å². The molecule has 6 heteroatoms. The minimum Gasteiger partial charge on any atom is -0.435 e. The molecule has 0 aliphatic heterocycles. The third-order valence-electron chi connectivity index (χ3n) is 2.24. The predicted octanol–water partition coefficient (Wildman–Crippen LogP) is 1.65. The number of carbonyl (C=O) groups is 1. The number of nitrogens with one attached hydrogen (secondary N) is 1. The highest BCUT2D eigenvalue weighted by atomic mass is 19.3. The highest BCUT2D eigenvalue weighted by Crippen LogP contribution is 2.15. The van der Waals surface area contributed by atoms with Gasteiger partial charge in [-0.2, -0.15) is 8.78 Å². The number of amides is 1. The molecule has 18 heavy (non-hydrogen) atoms. The van der Waals surface area contributed by atoms with E-state index in [-0.39, 0.29) is 23.8 Å². The SMILES string of the molecule is CC(CO)CNC(=O)c1cccc(OC(F)F)c1. The van der Waals surface area contributed by atoms with Gasteiger partial charge in [0, 0.05) is 18.7 Å². The fraction of sp³-hybridized carbons (Fsp3) is 0.417. The number of halogens is 2. The van der Waals surface area contributed by atoms with Crippen LogP contribution in [0.2, 0.25) is 0 Å². The van der Waals surface area contributed by atoms with E-state index in [9.17, 15) is 13.6 Å². The Morgan fingerprint density at radius 3 is 2.83 bits per heavy atom. The molecule has 1 aromatic carbocycles. The summed E-state index contributed by atoms with van der Waals surface area (Å²) in [7, 11) is 0. The van der Waals surface area contributed by atoms with Crippen molar-refractivity contribution in [1.82, 2.24) is 5.32 Å². The number of alkyl halides is 2. The largest absolute Gasteiger partial charge is 0.435 e. The van der Waals surface area contributed by atoms with Crippen molar-refractivity contribution in [2.45, 2.75) is 13.5 Å². The third-order valence-corrected chi connectivity index (χ3v) is 2.24. The molecule has 0 heterocycles. The predicted molar refractivity (Wildman–Crippen MR) is 61.7 cm³/mol. The summed E-state index contributed by atoms with van der Waals surface area (Å²) in [5.74, 6) is -0.516. The van der Waals surface area contributed by atoms with Crippen LogP contribution >= 0.6 is 0 Å². The number of rotatable bonds is 6. The number of aliphatic hydroxyl groups excluding tert-OH is 1. The molecular weight excluding hydrogens is 244 g/mol. The molecule has 1 unspecified atom stereocenters. The van der Waals surface area contributed by atoms with Crippen LogP contribution in [0.4, 0.5) is 8.78 Å². The number of benzene rings is 1. The van der Waals surface area contributed by atoms with Gasteiger partial charge in [-0.25, -0.2) is 0 Å². The van der Waals surface area contributed by atoms with Crippen LogP contribution < -0.4 is 10.1 Å². The van der Waals surface area contributed by atoms with Crippen LogP contribution in [0.3, 0.4) is 0 Å². The highest BCUT2D eigenvalue weighted by molar-refractivity contribution is 5.94. The molecule has 4 nitrogen and oxygen atoms in total. The monoisotopic (exact) mass is 259 g/mol. The van der Waals surface area contributed by atoms with E-state index in [4.69, 9.17) is 5.11 Å². The van der Waals surface area contributed by atoms with Gasteiger partial charge in [0.15, 0.2) is 0 Å². The molecule has 0 aliphatic carbocycles. The van der Waals surface area contributed by atoms with Crippen LogP contribution in [0.5, 0.6) is 5.75 Å². The quantitative estimate of drug-likeness (QED) is 0.816. The molecule has 0 saturated heterocycles. The second kappa shape index (κ2) is 6.90. The number of hydrogen-bond acceptors (Lipinski definition) is 3. The Labute approximate surface area is 104 Å². The molecule has 0 spiro atoms. The van der Waals surface area contributed by atoms with Gasteiger partial charge in [0.2, 0.25) is 0 Å². The first-order valence-electron chi connectivity index (χ1n) is 5.47. The van der Waals surface area contributed by atoms with Crippen molar-refractivity contribution in [2.75, 3.05) is 13.2 Å². The summed E-state index contributed by atoms with van der Waals surface area (Å²) < 4.78 is 28.2. The van der Waals surface area contributed by atoms with Gasteiger partial charge in [-0.1, -0.05) is 13.0 Å². The number of aliphatic hydroxyl groups is 1. The van der Waals surface area contributed by atoms with Crippen LogP contribution in [-0.4, -0.2) is 30.8 Å². The Kier molecular flexibility index (Phi) is 5.51. The van der Waals surface area contributed by atoms with Gasteiger partial charge in [0.1, 0.15) is 5.75 Å². The number of ether oxygens (including phenoxy) is 1. The van der Waals surface area contributed by atoms with E-state index in [1.54, 1.807) is 6.92 Å². The summed E-state index contributed by atoms with van der Waals surface area (Å²) in [6, 6.07) is 5.55. The third kappa shape index (κ3) is 4.67. The van der Waals surface area contributed by atoms with E-state index < -0.39 is 12.5 Å². The fourth-order valence-electron chi connectivity index (χ4n) is 1.25. The second-order valence-electron chi connectivity index (χ2n) is 3.90. The summed E-state index contributed by atoms with van der Waals surface area (Å²) in [5.41, 5.74) is 0.235. The van der Waals surface area contributed by atoms with Crippen LogP contribution in [0, 0.1) is 5.92 Å². The Morgan fingerprint density at radius 2 is 2.22 bits per heavy atom. The minimum atomic E-state index is -2.92. The van der Waals surface area contributed by atoms with Crippen molar-refractivity contribution in [3.05, 3.63) is 29.8 Å². The normalized spacial score (nSPS) is 12.3. The molecule has 0 radical (unpaired) electrons. The standard InChI is InChI=1S/C12H15F2NO3/c1-8(7-16)6-15-11(17)9-3-2-4-10(5-9)18-12(13)14/h2-5,8,12,16H,6-7H2,1H3,(H,15,17). The zero-order valence-corrected chi connectivity index (χ0v) is 9.90. The zero-order valence-electron chi connectivity index (χ0n) is 9.90. The molecule has 0 saturated carbocycles. The molecule has 0 aromatic heterocycles. The van der Waals surface area contributed by atoms with E-state index in [0.717, 1.165) is 0 Å². The first-order valence-corrected chi connectivity index (χ1v) is 5.47. The van der Waals surface area contributed by atoms with E-state index in [0.29, 0.717) is 6.54 Å². The lowest BCUT2D eigenvalue weighted by molar-refractivity contribution is -0.0498. The van der Waals surface area contributed by atoms with Crippen molar-refractivity contribution < 1.29 is 23.4 Å². The topological polar surface area (TPSA) is 58.6 Å². The Balaban J connectivity index is 2.62. The van der Waals surface area contributed by atoms with Crippen molar-refractivity contribution in [3.8, 4) is 5.75 Å². The Hall–Kier alpha value is -1.69. The van der Waals surface area contributed by atoms with Crippen LogP contribution in [0.25, 0.3) is 0 Å². The van der Waals surface area contributed by atoms with Gasteiger partial charge in [-0.15, -0.1) is 0 Å². The van der Waals surface area contributed by atoms with Crippen LogP contribution in [-0.2, 0) is 0 Å². The summed E-state index contributed by atoms with van der Waals surface area (Å²) in [4.78, 5) is 11.7. The lowest BCUT2D eigenvalue weighted by atomic mass is 10.1. The average Bonchev–Trinajstić information content (AvgIpc) is 2.35. The molecule has 1 atom stereocenters. The van der Waals surface area contributed by atoms with Gasteiger partial charge in [0.25, 0.3) is 5.91 Å². The fourth-order valence-corrected chi connectivity index (χ4v) is 1.25. The van der Waals surface area contributed by atoms with Crippen molar-refractivity contribution in [2.24, 2.45) is 5.92 Å². The molecule has 0 bridgehead atoms. The maximum absolute atomic E-state index is 12.0. The van der Waals surface area contributed by atoms with Gasteiger partial charge in [-0.3, -0.25) is 4.79 Å². The summed E-state index contributed by atoms with van der Waals surface area (Å²) >= 11 is 0. The Bertz CT molecular complexity index is 399. The van der Waals surface area contributed by atoms with Gasteiger partial charge >= 0.3 is 6.61 Å². The van der Waals surface area contributed by atoms with Crippen molar-refractivity contribution in [1.29, 1.82) is 0 Å². The molecule has 0 fully saturated rings. The summed E-state index contributed by atoms with van der Waals surface area (Å²) in [6.07, 6.45) is 0. The minimum absolute atomic E-state index is 0.0329. The number of hydrogen-bond donors (Lipinski definition) is 2. The zero-order chi connectivity index (χ0) is 13.5. The molecule has 1 aromatic rings. The van der Waals surface area contributed by atoms with E-state index in [1.807, 2.05) is 0 Å². The van der Waals surface area contributed by atoms with Gasteiger partial charge in [-0.05, 0) is 24.1 Å². The maximum Gasteiger partial charge on any atom is 0.387 e. The number of carbonyl (C=O) groups excluding carboxylic acids is 1. The van der Waals surface area contributed by atoms with Crippen molar-refractivity contribution >= 4 is 5.91 Å². The summed E-state index contributed by atoms with van der Waals surface area (Å²) in [5, 5.41) is 11.4. The molecule has 0 aliphatic rings. The first kappa shape index (κ1) is 14.4. The van der Waals surface area contributed by atoms with Crippen LogP contribution in [0.1, 0.15) is 17.3 Å². The smallest absolute Gasteiger partial charge is 0.387 e. The van der Waals surface area contributed by atoms with Gasteiger partial charge < -0.3 is 15.2 Å². The van der Waals surface area contributed by atoms with Crippen LogP contribution in [0.15, 0.2) is 24.3 Å². The van der Waals surface area contributed by atoms with E-state index in [2.05, 4.69) is 10.1 Å². The van der Waals surface area contributed by atoms with E-state index in [1.165, 1.54) is 24.3 Å². The Morgan fingerprint density at radius 1 is 1.50 bits per heavy atom. The second-order valence-corrected chi connectivity index (χ2v) is 3.90. The molecule has 100 valence electrons. The highest BCUT2D eigenvalue weighted by Gasteiger charge is 2.10.